The lowest BCUT2D eigenvalue weighted by Crippen LogP contribution is -2.30. The molecule has 0 saturated heterocycles. The van der Waals surface area contributed by atoms with E-state index in [0.29, 0.717) is 16.8 Å². The number of hydrogen-bond donors (Lipinski definition) is 3. The molecule has 0 aliphatic heterocycles. The quantitative estimate of drug-likeness (QED) is 0.643. The van der Waals surface area contributed by atoms with Gasteiger partial charge in [0.15, 0.2) is 0 Å². The SMILES string of the molecule is COc1ccc(S(=O)(=O)NCc2ccc(B(O)O)cc2)cc1. The average molecular weight is 321 g/mol. The highest BCUT2D eigenvalue weighted by atomic mass is 32.2. The highest BCUT2D eigenvalue weighted by Crippen LogP contribution is 2.15. The first-order valence-corrected chi connectivity index (χ1v) is 7.99. The van der Waals surface area contributed by atoms with Gasteiger partial charge in [-0.25, -0.2) is 13.1 Å². The summed E-state index contributed by atoms with van der Waals surface area (Å²) in [5.41, 5.74) is 1.06. The van der Waals surface area contributed by atoms with Crippen LogP contribution in [-0.2, 0) is 16.6 Å². The number of hydrogen-bond acceptors (Lipinski definition) is 5. The molecular weight excluding hydrogens is 305 g/mol. The maximum absolute atomic E-state index is 12.1. The van der Waals surface area contributed by atoms with E-state index in [1.165, 1.54) is 31.4 Å². The summed E-state index contributed by atoms with van der Waals surface area (Å²) in [7, 11) is -3.64. The number of benzene rings is 2. The average Bonchev–Trinajstić information content (AvgIpc) is 2.53. The minimum Gasteiger partial charge on any atom is -0.497 e. The molecule has 0 saturated carbocycles. The third-order valence-corrected chi connectivity index (χ3v) is 4.53. The second kappa shape index (κ2) is 6.93. The third-order valence-electron chi connectivity index (χ3n) is 3.11. The number of nitrogens with one attached hydrogen (secondary N) is 1. The van der Waals surface area contributed by atoms with Crippen molar-refractivity contribution in [1.29, 1.82) is 0 Å². The van der Waals surface area contributed by atoms with Gasteiger partial charge in [0.1, 0.15) is 5.75 Å². The summed E-state index contributed by atoms with van der Waals surface area (Å²) < 4.78 is 31.8. The fraction of sp³-hybridized carbons (Fsp3) is 0.143. The van der Waals surface area contributed by atoms with Gasteiger partial charge in [0.2, 0.25) is 10.0 Å². The van der Waals surface area contributed by atoms with Crippen LogP contribution in [0, 0.1) is 0 Å². The number of ether oxygens (including phenoxy) is 1. The number of rotatable bonds is 6. The van der Waals surface area contributed by atoms with Crippen LogP contribution >= 0.6 is 0 Å². The van der Waals surface area contributed by atoms with Crippen molar-refractivity contribution in [2.45, 2.75) is 11.4 Å². The van der Waals surface area contributed by atoms with Crippen molar-refractivity contribution in [1.82, 2.24) is 4.72 Å². The molecule has 8 heteroatoms. The van der Waals surface area contributed by atoms with Crippen molar-refractivity contribution in [2.24, 2.45) is 0 Å². The van der Waals surface area contributed by atoms with Gasteiger partial charge < -0.3 is 14.8 Å². The monoisotopic (exact) mass is 321 g/mol. The third kappa shape index (κ3) is 4.08. The largest absolute Gasteiger partial charge is 0.497 e. The van der Waals surface area contributed by atoms with Crippen molar-refractivity contribution in [3.63, 3.8) is 0 Å². The van der Waals surface area contributed by atoms with Gasteiger partial charge in [-0.3, -0.25) is 0 Å². The molecule has 22 heavy (non-hydrogen) atoms. The lowest BCUT2D eigenvalue weighted by molar-refractivity contribution is 0.414. The molecule has 0 amide bonds. The fourth-order valence-electron chi connectivity index (χ4n) is 1.82. The molecule has 0 unspecified atom stereocenters. The van der Waals surface area contributed by atoms with Gasteiger partial charge >= 0.3 is 7.12 Å². The zero-order valence-corrected chi connectivity index (χ0v) is 12.7. The van der Waals surface area contributed by atoms with E-state index in [0.717, 1.165) is 0 Å². The Kier molecular flexibility index (Phi) is 5.20. The summed E-state index contributed by atoms with van der Waals surface area (Å²) in [5, 5.41) is 18.0. The Morgan fingerprint density at radius 1 is 1.05 bits per heavy atom. The molecule has 2 aromatic rings. The van der Waals surface area contributed by atoms with Gasteiger partial charge in [-0.1, -0.05) is 24.3 Å². The second-order valence-electron chi connectivity index (χ2n) is 4.62. The topological polar surface area (TPSA) is 95.9 Å². The van der Waals surface area contributed by atoms with E-state index in [1.807, 2.05) is 0 Å². The first-order valence-electron chi connectivity index (χ1n) is 6.51. The van der Waals surface area contributed by atoms with Crippen molar-refractivity contribution < 1.29 is 23.2 Å². The Bertz CT molecular complexity index is 714. The normalized spacial score (nSPS) is 11.2. The highest BCUT2D eigenvalue weighted by Gasteiger charge is 2.14. The molecule has 0 bridgehead atoms. The molecule has 0 radical (unpaired) electrons. The summed E-state index contributed by atoms with van der Waals surface area (Å²) in [4.78, 5) is 0.149. The molecule has 0 atom stereocenters. The summed E-state index contributed by atoms with van der Waals surface area (Å²) in [6.45, 7) is 0.107. The van der Waals surface area contributed by atoms with E-state index in [4.69, 9.17) is 14.8 Å². The molecule has 0 fully saturated rings. The number of methoxy groups -OCH3 is 1. The molecule has 0 aliphatic carbocycles. The van der Waals surface area contributed by atoms with Gasteiger partial charge in [0, 0.05) is 6.54 Å². The van der Waals surface area contributed by atoms with Crippen LogP contribution in [0.4, 0.5) is 0 Å². The van der Waals surface area contributed by atoms with E-state index < -0.39 is 17.1 Å². The Labute approximate surface area is 129 Å². The van der Waals surface area contributed by atoms with E-state index in [9.17, 15) is 8.42 Å². The van der Waals surface area contributed by atoms with Crippen LogP contribution in [0.5, 0.6) is 5.75 Å². The summed E-state index contributed by atoms with van der Waals surface area (Å²) >= 11 is 0. The molecular formula is C14H16BNO5S. The van der Waals surface area contributed by atoms with E-state index >= 15 is 0 Å². The van der Waals surface area contributed by atoms with Crippen LogP contribution < -0.4 is 14.9 Å². The first-order chi connectivity index (χ1) is 10.4. The van der Waals surface area contributed by atoms with E-state index in [-0.39, 0.29) is 11.4 Å². The number of sulfonamides is 1. The van der Waals surface area contributed by atoms with Crippen molar-refractivity contribution in [2.75, 3.05) is 7.11 Å². The maximum Gasteiger partial charge on any atom is 0.488 e. The molecule has 0 aromatic heterocycles. The molecule has 2 aromatic carbocycles. The van der Waals surface area contributed by atoms with Crippen LogP contribution in [0.25, 0.3) is 0 Å². The zero-order chi connectivity index (χ0) is 16.2. The van der Waals surface area contributed by atoms with Crippen molar-refractivity contribution >= 4 is 22.6 Å². The lowest BCUT2D eigenvalue weighted by Gasteiger charge is -2.08. The van der Waals surface area contributed by atoms with Crippen LogP contribution in [0.15, 0.2) is 53.4 Å². The predicted octanol–water partition coefficient (Wildman–Crippen LogP) is -0.147. The van der Waals surface area contributed by atoms with Crippen LogP contribution in [0.3, 0.4) is 0 Å². The van der Waals surface area contributed by atoms with Gasteiger partial charge in [-0.2, -0.15) is 0 Å². The minimum absolute atomic E-state index is 0.107. The van der Waals surface area contributed by atoms with Gasteiger partial charge in [-0.15, -0.1) is 0 Å². The molecule has 0 aliphatic rings. The molecule has 3 N–H and O–H groups in total. The van der Waals surface area contributed by atoms with E-state index in [2.05, 4.69) is 4.72 Å². The molecule has 116 valence electrons. The van der Waals surface area contributed by atoms with Crippen LogP contribution in [0.2, 0.25) is 0 Å². The summed E-state index contributed by atoms with van der Waals surface area (Å²) in [5.74, 6) is 0.581. The Morgan fingerprint density at radius 2 is 1.64 bits per heavy atom. The maximum atomic E-state index is 12.1. The molecule has 0 heterocycles. The molecule has 0 spiro atoms. The first kappa shape index (κ1) is 16.5. The minimum atomic E-state index is -3.61. The van der Waals surface area contributed by atoms with Gasteiger partial charge in [0.25, 0.3) is 0 Å². The predicted molar refractivity (Wildman–Crippen MR) is 83.3 cm³/mol. The smallest absolute Gasteiger partial charge is 0.488 e. The summed E-state index contributed by atoms with van der Waals surface area (Å²) in [6, 6.07) is 12.4. The zero-order valence-electron chi connectivity index (χ0n) is 11.9. The Hall–Kier alpha value is -1.87. The standard InChI is InChI=1S/C14H16BNO5S/c1-21-13-6-8-14(9-7-13)22(19,20)16-10-11-2-4-12(5-3-11)15(17)18/h2-9,16-18H,10H2,1H3. The molecule has 2 rings (SSSR count). The second-order valence-corrected chi connectivity index (χ2v) is 6.38. The van der Waals surface area contributed by atoms with Gasteiger partial charge in [0.05, 0.1) is 12.0 Å². The van der Waals surface area contributed by atoms with Crippen LogP contribution in [0.1, 0.15) is 5.56 Å². The van der Waals surface area contributed by atoms with Crippen molar-refractivity contribution in [3.8, 4) is 5.75 Å². The van der Waals surface area contributed by atoms with Crippen LogP contribution in [-0.4, -0.2) is 32.7 Å². The lowest BCUT2D eigenvalue weighted by atomic mass is 9.80. The highest BCUT2D eigenvalue weighted by molar-refractivity contribution is 7.89. The van der Waals surface area contributed by atoms with Gasteiger partial charge in [-0.05, 0) is 35.3 Å². The molecule has 6 nitrogen and oxygen atoms in total. The Morgan fingerprint density at radius 3 is 2.14 bits per heavy atom. The van der Waals surface area contributed by atoms with E-state index in [1.54, 1.807) is 24.3 Å². The Balaban J connectivity index is 2.05. The summed E-state index contributed by atoms with van der Waals surface area (Å²) in [6.07, 6.45) is 0. The fourth-order valence-corrected chi connectivity index (χ4v) is 2.84. The van der Waals surface area contributed by atoms with Crippen molar-refractivity contribution in [3.05, 3.63) is 54.1 Å².